The minimum absolute atomic E-state index is 0.761. The molecule has 18 heavy (non-hydrogen) atoms. The van der Waals surface area contributed by atoms with Gasteiger partial charge in [-0.25, -0.2) is 0 Å². The Morgan fingerprint density at radius 2 is 2.28 bits per heavy atom. The van der Waals surface area contributed by atoms with Gasteiger partial charge < -0.3 is 9.64 Å². The highest BCUT2D eigenvalue weighted by atomic mass is 127. The molecular weight excluding hydrogens is 337 g/mol. The molecule has 0 saturated carbocycles. The van der Waals surface area contributed by atoms with Crippen molar-refractivity contribution in [1.29, 1.82) is 0 Å². The van der Waals surface area contributed by atoms with Gasteiger partial charge in [-0.3, -0.25) is 0 Å². The number of nitrogens with zero attached hydrogens (tertiary/aromatic N) is 1. The van der Waals surface area contributed by atoms with Gasteiger partial charge in [-0.2, -0.15) is 0 Å². The Kier molecular flexibility index (Phi) is 5.76. The fourth-order valence-corrected chi connectivity index (χ4v) is 3.02. The van der Waals surface area contributed by atoms with Crippen molar-refractivity contribution in [3.05, 3.63) is 27.8 Å². The summed E-state index contributed by atoms with van der Waals surface area (Å²) in [6.07, 6.45) is 5.24. The summed E-state index contributed by atoms with van der Waals surface area (Å²) in [7, 11) is 0. The Morgan fingerprint density at radius 1 is 1.39 bits per heavy atom. The van der Waals surface area contributed by atoms with Gasteiger partial charge >= 0.3 is 0 Å². The van der Waals surface area contributed by atoms with E-state index in [0.29, 0.717) is 0 Å². The summed E-state index contributed by atoms with van der Waals surface area (Å²) in [6.45, 7) is 5.61. The SMILES string of the molecule is CC1CCCCN1CCCOc1cccc(I)c1. The number of piperidine rings is 1. The minimum Gasteiger partial charge on any atom is -0.494 e. The number of halogens is 1. The quantitative estimate of drug-likeness (QED) is 0.583. The lowest BCUT2D eigenvalue weighted by atomic mass is 10.0. The van der Waals surface area contributed by atoms with Crippen molar-refractivity contribution in [1.82, 2.24) is 4.90 Å². The third kappa shape index (κ3) is 4.43. The Bertz CT molecular complexity index is 369. The molecule has 1 aromatic carbocycles. The van der Waals surface area contributed by atoms with Crippen molar-refractivity contribution in [2.24, 2.45) is 0 Å². The van der Waals surface area contributed by atoms with Gasteiger partial charge in [0, 0.05) is 16.2 Å². The number of likely N-dealkylation sites (tertiary alicyclic amines) is 1. The van der Waals surface area contributed by atoms with E-state index in [-0.39, 0.29) is 0 Å². The Labute approximate surface area is 124 Å². The Balaban J connectivity index is 1.66. The van der Waals surface area contributed by atoms with Gasteiger partial charge in [0.25, 0.3) is 0 Å². The lowest BCUT2D eigenvalue weighted by Crippen LogP contribution is -2.38. The number of hydrogen-bond acceptors (Lipinski definition) is 2. The van der Waals surface area contributed by atoms with Gasteiger partial charge in [0.2, 0.25) is 0 Å². The predicted molar refractivity (Wildman–Crippen MR) is 84.2 cm³/mol. The van der Waals surface area contributed by atoms with Gasteiger partial charge in [0.05, 0.1) is 6.61 Å². The van der Waals surface area contributed by atoms with Crippen molar-refractivity contribution in [2.45, 2.75) is 38.6 Å². The molecule has 0 N–H and O–H groups in total. The van der Waals surface area contributed by atoms with E-state index in [1.54, 1.807) is 0 Å². The maximum atomic E-state index is 5.78. The van der Waals surface area contributed by atoms with Crippen LogP contribution in [-0.4, -0.2) is 30.6 Å². The van der Waals surface area contributed by atoms with Crippen LogP contribution in [0, 0.1) is 3.57 Å². The largest absolute Gasteiger partial charge is 0.494 e. The summed E-state index contributed by atoms with van der Waals surface area (Å²) in [5.74, 6) is 0.994. The van der Waals surface area contributed by atoms with Crippen molar-refractivity contribution < 1.29 is 4.74 Å². The molecule has 1 aromatic rings. The van der Waals surface area contributed by atoms with Crippen molar-refractivity contribution in [3.63, 3.8) is 0 Å². The molecule has 2 rings (SSSR count). The average Bonchev–Trinajstić information content (AvgIpc) is 2.37. The van der Waals surface area contributed by atoms with E-state index in [1.165, 1.54) is 35.9 Å². The third-order valence-electron chi connectivity index (χ3n) is 3.60. The summed E-state index contributed by atoms with van der Waals surface area (Å²) >= 11 is 2.32. The summed E-state index contributed by atoms with van der Waals surface area (Å²) in [5, 5.41) is 0. The molecule has 1 atom stereocenters. The van der Waals surface area contributed by atoms with Crippen LogP contribution in [0.1, 0.15) is 32.6 Å². The molecule has 0 aromatic heterocycles. The van der Waals surface area contributed by atoms with Crippen LogP contribution in [0.2, 0.25) is 0 Å². The highest BCUT2D eigenvalue weighted by Gasteiger charge is 2.17. The monoisotopic (exact) mass is 359 g/mol. The lowest BCUT2D eigenvalue weighted by molar-refractivity contribution is 0.148. The molecule has 1 saturated heterocycles. The zero-order valence-corrected chi connectivity index (χ0v) is 13.2. The molecule has 0 spiro atoms. The molecule has 100 valence electrons. The standard InChI is InChI=1S/C15H22INO/c1-13-6-2-3-9-17(13)10-5-11-18-15-8-4-7-14(16)12-15/h4,7-8,12-13H,2-3,5-6,9-11H2,1H3. The highest BCUT2D eigenvalue weighted by molar-refractivity contribution is 14.1. The smallest absolute Gasteiger partial charge is 0.120 e. The van der Waals surface area contributed by atoms with Crippen molar-refractivity contribution in [3.8, 4) is 5.75 Å². The van der Waals surface area contributed by atoms with Gasteiger partial charge in [0.1, 0.15) is 5.75 Å². The van der Waals surface area contributed by atoms with Crippen molar-refractivity contribution in [2.75, 3.05) is 19.7 Å². The van der Waals surface area contributed by atoms with E-state index in [1.807, 2.05) is 12.1 Å². The first-order chi connectivity index (χ1) is 8.75. The summed E-state index contributed by atoms with van der Waals surface area (Å²) < 4.78 is 7.01. The van der Waals surface area contributed by atoms with E-state index in [0.717, 1.165) is 24.8 Å². The summed E-state index contributed by atoms with van der Waals surface area (Å²) in [5.41, 5.74) is 0. The third-order valence-corrected chi connectivity index (χ3v) is 4.27. The summed E-state index contributed by atoms with van der Waals surface area (Å²) in [6, 6.07) is 9.01. The molecular formula is C15H22INO. The second kappa shape index (κ2) is 7.34. The fourth-order valence-electron chi connectivity index (χ4n) is 2.50. The molecule has 1 fully saturated rings. The normalized spacial score (nSPS) is 20.9. The molecule has 0 amide bonds. The highest BCUT2D eigenvalue weighted by Crippen LogP contribution is 2.17. The number of benzene rings is 1. The molecule has 1 heterocycles. The first kappa shape index (κ1) is 14.1. The van der Waals surface area contributed by atoms with Crippen LogP contribution in [-0.2, 0) is 0 Å². The molecule has 0 bridgehead atoms. The van der Waals surface area contributed by atoms with Crippen LogP contribution >= 0.6 is 22.6 Å². The van der Waals surface area contributed by atoms with Crippen LogP contribution in [0.3, 0.4) is 0 Å². The molecule has 1 aliphatic heterocycles. The average molecular weight is 359 g/mol. The number of rotatable bonds is 5. The van der Waals surface area contributed by atoms with E-state index >= 15 is 0 Å². The topological polar surface area (TPSA) is 12.5 Å². The maximum absolute atomic E-state index is 5.78. The van der Waals surface area contributed by atoms with Gasteiger partial charge in [0.15, 0.2) is 0 Å². The summed E-state index contributed by atoms with van der Waals surface area (Å²) in [4.78, 5) is 2.60. The molecule has 1 unspecified atom stereocenters. The molecule has 0 aliphatic carbocycles. The van der Waals surface area contributed by atoms with Crippen molar-refractivity contribution >= 4 is 22.6 Å². The minimum atomic E-state index is 0.761. The van der Waals surface area contributed by atoms with Crippen LogP contribution in [0.4, 0.5) is 0 Å². The van der Waals surface area contributed by atoms with E-state index in [2.05, 4.69) is 46.5 Å². The zero-order chi connectivity index (χ0) is 12.8. The molecule has 1 aliphatic rings. The van der Waals surface area contributed by atoms with Crippen LogP contribution in [0.25, 0.3) is 0 Å². The van der Waals surface area contributed by atoms with Gasteiger partial charge in [-0.1, -0.05) is 12.5 Å². The Hall–Kier alpha value is -0.290. The first-order valence-corrected chi connectivity index (χ1v) is 7.96. The van der Waals surface area contributed by atoms with E-state index < -0.39 is 0 Å². The van der Waals surface area contributed by atoms with Crippen LogP contribution < -0.4 is 4.74 Å². The fraction of sp³-hybridized carbons (Fsp3) is 0.600. The number of hydrogen-bond donors (Lipinski definition) is 0. The van der Waals surface area contributed by atoms with Crippen LogP contribution in [0.15, 0.2) is 24.3 Å². The van der Waals surface area contributed by atoms with E-state index in [9.17, 15) is 0 Å². The maximum Gasteiger partial charge on any atom is 0.120 e. The molecule has 0 radical (unpaired) electrons. The molecule has 2 nitrogen and oxygen atoms in total. The second-order valence-corrected chi connectivity index (χ2v) is 6.29. The lowest BCUT2D eigenvalue weighted by Gasteiger charge is -2.33. The second-order valence-electron chi connectivity index (χ2n) is 5.04. The van der Waals surface area contributed by atoms with Gasteiger partial charge in [-0.15, -0.1) is 0 Å². The van der Waals surface area contributed by atoms with Gasteiger partial charge in [-0.05, 0) is 73.5 Å². The number of ether oxygens (including phenoxy) is 1. The first-order valence-electron chi connectivity index (χ1n) is 6.88. The molecule has 3 heteroatoms. The van der Waals surface area contributed by atoms with E-state index in [4.69, 9.17) is 4.74 Å². The Morgan fingerprint density at radius 3 is 3.06 bits per heavy atom. The zero-order valence-electron chi connectivity index (χ0n) is 11.1. The van der Waals surface area contributed by atoms with Crippen LogP contribution in [0.5, 0.6) is 5.75 Å². The predicted octanol–water partition coefficient (Wildman–Crippen LogP) is 3.93.